The van der Waals surface area contributed by atoms with Crippen LogP contribution < -0.4 is 4.90 Å². The summed E-state index contributed by atoms with van der Waals surface area (Å²) in [5.74, 6) is 0.847. The van der Waals surface area contributed by atoms with Crippen molar-refractivity contribution in [3.8, 4) is 5.75 Å². The van der Waals surface area contributed by atoms with Gasteiger partial charge in [-0.3, -0.25) is 14.6 Å². The Kier molecular flexibility index (Phi) is 6.68. The number of phenols is 1. The molecule has 6 heteroatoms. The summed E-state index contributed by atoms with van der Waals surface area (Å²) in [6, 6.07) is 15.7. The minimum Gasteiger partial charge on any atom is -0.508 e. The van der Waals surface area contributed by atoms with Gasteiger partial charge in [-0.25, -0.2) is 4.98 Å². The molecule has 0 bridgehead atoms. The molecule has 2 heterocycles. The fraction of sp³-hybridized carbons (Fsp3) is 0.360. The highest BCUT2D eigenvalue weighted by atomic mass is 32.1. The molecule has 1 N–H and O–H groups in total. The molecule has 0 radical (unpaired) electrons. The van der Waals surface area contributed by atoms with Crippen molar-refractivity contribution < 1.29 is 9.90 Å². The van der Waals surface area contributed by atoms with E-state index >= 15 is 0 Å². The lowest BCUT2D eigenvalue weighted by atomic mass is 9.89. The van der Waals surface area contributed by atoms with Crippen molar-refractivity contribution in [3.05, 3.63) is 70.7 Å². The molecule has 1 saturated heterocycles. The van der Waals surface area contributed by atoms with Crippen molar-refractivity contribution >= 4 is 28.1 Å². The molecule has 0 spiro atoms. The van der Waals surface area contributed by atoms with Gasteiger partial charge >= 0.3 is 0 Å². The van der Waals surface area contributed by atoms with Crippen LogP contribution in [0.5, 0.6) is 5.75 Å². The molecule has 0 aliphatic carbocycles. The van der Waals surface area contributed by atoms with Crippen LogP contribution in [0.2, 0.25) is 0 Å². The van der Waals surface area contributed by atoms with Crippen molar-refractivity contribution in [1.82, 2.24) is 9.88 Å². The number of anilines is 2. The summed E-state index contributed by atoms with van der Waals surface area (Å²) in [5.41, 5.74) is 4.39. The van der Waals surface area contributed by atoms with Gasteiger partial charge in [-0.2, -0.15) is 0 Å². The van der Waals surface area contributed by atoms with Gasteiger partial charge in [-0.15, -0.1) is 11.3 Å². The lowest BCUT2D eigenvalue weighted by Crippen LogP contribution is -2.32. The predicted molar refractivity (Wildman–Crippen MR) is 126 cm³/mol. The molecule has 0 saturated carbocycles. The van der Waals surface area contributed by atoms with Crippen LogP contribution in [-0.2, 0) is 17.8 Å². The Morgan fingerprint density at radius 3 is 2.55 bits per heavy atom. The highest BCUT2D eigenvalue weighted by molar-refractivity contribution is 7.14. The standard InChI is InChI=1S/C25H29N3O2S/c1-3-19-6-4-5-7-24(19)28(18(2)29)25-26-22(17-31-25)16-27-14-12-21(13-15-27)20-8-10-23(30)11-9-20/h4-11,17,21,30H,3,12-16H2,1-2H3. The van der Waals surface area contributed by atoms with E-state index in [0.29, 0.717) is 11.7 Å². The van der Waals surface area contributed by atoms with Gasteiger partial charge in [0.15, 0.2) is 5.13 Å². The van der Waals surface area contributed by atoms with E-state index in [1.165, 1.54) is 16.9 Å². The predicted octanol–water partition coefficient (Wildman–Crippen LogP) is 5.48. The number of aromatic nitrogens is 1. The number of aryl methyl sites for hydroxylation is 1. The molecular weight excluding hydrogens is 406 g/mol. The Balaban J connectivity index is 1.42. The minimum atomic E-state index is -0.0171. The molecular formula is C25H29N3O2S. The maximum atomic E-state index is 12.5. The van der Waals surface area contributed by atoms with Crippen LogP contribution in [0.4, 0.5) is 10.8 Å². The second kappa shape index (κ2) is 9.62. The lowest BCUT2D eigenvalue weighted by molar-refractivity contribution is -0.115. The molecule has 3 aromatic rings. The number of aromatic hydroxyl groups is 1. The Morgan fingerprint density at radius 2 is 1.87 bits per heavy atom. The van der Waals surface area contributed by atoms with E-state index in [1.807, 2.05) is 30.3 Å². The molecule has 1 fully saturated rings. The lowest BCUT2D eigenvalue weighted by Gasteiger charge is -2.31. The average molecular weight is 436 g/mol. The van der Waals surface area contributed by atoms with E-state index in [1.54, 1.807) is 24.0 Å². The second-order valence-corrected chi connectivity index (χ2v) is 8.94. The first-order valence-electron chi connectivity index (χ1n) is 10.9. The Morgan fingerprint density at radius 1 is 1.16 bits per heavy atom. The summed E-state index contributed by atoms with van der Waals surface area (Å²) in [6.45, 7) is 6.55. The number of para-hydroxylation sites is 1. The fourth-order valence-corrected chi connectivity index (χ4v) is 5.18. The monoisotopic (exact) mass is 435 g/mol. The Labute approximate surface area is 188 Å². The highest BCUT2D eigenvalue weighted by Gasteiger charge is 2.23. The number of hydrogen-bond donors (Lipinski definition) is 1. The molecule has 0 unspecified atom stereocenters. The molecule has 1 aliphatic rings. The number of benzene rings is 2. The first-order chi connectivity index (χ1) is 15.0. The normalized spacial score (nSPS) is 15.2. The zero-order valence-corrected chi connectivity index (χ0v) is 18.9. The second-order valence-electron chi connectivity index (χ2n) is 8.10. The van der Waals surface area contributed by atoms with E-state index in [2.05, 4.69) is 23.3 Å². The number of carbonyl (C=O) groups excluding carboxylic acids is 1. The van der Waals surface area contributed by atoms with E-state index in [0.717, 1.165) is 61.0 Å². The average Bonchev–Trinajstić information content (AvgIpc) is 3.23. The third kappa shape index (κ3) is 4.97. The van der Waals surface area contributed by atoms with Crippen LogP contribution in [0.25, 0.3) is 0 Å². The maximum Gasteiger partial charge on any atom is 0.230 e. The molecule has 1 aliphatic heterocycles. The van der Waals surface area contributed by atoms with Crippen molar-refractivity contribution in [2.75, 3.05) is 18.0 Å². The number of amides is 1. The largest absolute Gasteiger partial charge is 0.508 e. The van der Waals surface area contributed by atoms with Gasteiger partial charge in [0.2, 0.25) is 5.91 Å². The molecule has 2 aromatic carbocycles. The number of rotatable bonds is 6. The Hall–Kier alpha value is -2.70. The number of nitrogens with zero attached hydrogens (tertiary/aromatic N) is 3. The van der Waals surface area contributed by atoms with Gasteiger partial charge in [-0.1, -0.05) is 37.3 Å². The zero-order valence-electron chi connectivity index (χ0n) is 18.1. The summed E-state index contributed by atoms with van der Waals surface area (Å²) >= 11 is 1.53. The molecule has 162 valence electrons. The van der Waals surface area contributed by atoms with Gasteiger partial charge in [0.1, 0.15) is 5.75 Å². The van der Waals surface area contributed by atoms with E-state index in [4.69, 9.17) is 4.98 Å². The van der Waals surface area contributed by atoms with Crippen molar-refractivity contribution in [1.29, 1.82) is 0 Å². The first-order valence-corrected chi connectivity index (χ1v) is 11.8. The summed E-state index contributed by atoms with van der Waals surface area (Å²) < 4.78 is 0. The molecule has 0 atom stereocenters. The summed E-state index contributed by atoms with van der Waals surface area (Å²) in [4.78, 5) is 21.5. The quantitative estimate of drug-likeness (QED) is 0.557. The molecule has 1 aromatic heterocycles. The fourth-order valence-electron chi connectivity index (χ4n) is 4.31. The van der Waals surface area contributed by atoms with Crippen molar-refractivity contribution in [3.63, 3.8) is 0 Å². The molecule has 4 rings (SSSR count). The van der Waals surface area contributed by atoms with Crippen LogP contribution in [0.15, 0.2) is 53.9 Å². The smallest absolute Gasteiger partial charge is 0.230 e. The third-order valence-corrected chi connectivity index (χ3v) is 6.87. The molecule has 1 amide bonds. The zero-order chi connectivity index (χ0) is 21.8. The van der Waals surface area contributed by atoms with Crippen LogP contribution in [-0.4, -0.2) is 34.0 Å². The summed E-state index contributed by atoms with van der Waals surface area (Å²) in [5, 5.41) is 12.3. The molecule has 5 nitrogen and oxygen atoms in total. The van der Waals surface area contributed by atoms with Crippen LogP contribution in [0.1, 0.15) is 49.4 Å². The van der Waals surface area contributed by atoms with Crippen LogP contribution in [0.3, 0.4) is 0 Å². The highest BCUT2D eigenvalue weighted by Crippen LogP contribution is 2.33. The van der Waals surface area contributed by atoms with Gasteiger partial charge in [0, 0.05) is 18.8 Å². The van der Waals surface area contributed by atoms with E-state index in [9.17, 15) is 9.90 Å². The Bertz CT molecular complexity index is 1020. The van der Waals surface area contributed by atoms with Crippen molar-refractivity contribution in [2.45, 2.75) is 45.6 Å². The maximum absolute atomic E-state index is 12.5. The number of phenolic OH excluding ortho intramolecular Hbond substituents is 1. The van der Waals surface area contributed by atoms with Gasteiger partial charge < -0.3 is 5.11 Å². The number of thiazole rings is 1. The van der Waals surface area contributed by atoms with Gasteiger partial charge in [-0.05, 0) is 67.6 Å². The van der Waals surface area contributed by atoms with E-state index < -0.39 is 0 Å². The third-order valence-electron chi connectivity index (χ3n) is 6.00. The van der Waals surface area contributed by atoms with Gasteiger partial charge in [0.05, 0.1) is 11.4 Å². The minimum absolute atomic E-state index is 0.0171. The topological polar surface area (TPSA) is 56.7 Å². The number of hydrogen-bond acceptors (Lipinski definition) is 5. The van der Waals surface area contributed by atoms with E-state index in [-0.39, 0.29) is 5.91 Å². The number of likely N-dealkylation sites (tertiary alicyclic amines) is 1. The SMILES string of the molecule is CCc1ccccc1N(C(C)=O)c1nc(CN2CCC(c3ccc(O)cc3)CC2)cs1. The van der Waals surface area contributed by atoms with Crippen LogP contribution >= 0.6 is 11.3 Å². The van der Waals surface area contributed by atoms with Gasteiger partial charge in [0.25, 0.3) is 0 Å². The van der Waals surface area contributed by atoms with Crippen LogP contribution in [0, 0.1) is 0 Å². The summed E-state index contributed by atoms with van der Waals surface area (Å²) in [6.07, 6.45) is 3.07. The first kappa shape index (κ1) is 21.5. The summed E-state index contributed by atoms with van der Waals surface area (Å²) in [7, 11) is 0. The number of carbonyl (C=O) groups is 1. The number of piperidine rings is 1. The molecule has 31 heavy (non-hydrogen) atoms. The van der Waals surface area contributed by atoms with Crippen molar-refractivity contribution in [2.24, 2.45) is 0 Å².